The average molecular weight is 429 g/mol. The first-order chi connectivity index (χ1) is 14.6. The van der Waals surface area contributed by atoms with Gasteiger partial charge in [-0.05, 0) is 39.5 Å². The largest absolute Gasteiger partial charge is 0.469 e. The van der Waals surface area contributed by atoms with Crippen molar-refractivity contribution >= 4 is 24.1 Å². The summed E-state index contributed by atoms with van der Waals surface area (Å²) in [7, 11) is 0. The molecule has 8 heteroatoms. The Balaban J connectivity index is 0.000000579. The predicted octanol–water partition coefficient (Wildman–Crippen LogP) is 4.14. The van der Waals surface area contributed by atoms with E-state index < -0.39 is 0 Å². The van der Waals surface area contributed by atoms with E-state index in [4.69, 9.17) is 4.74 Å². The molecule has 7 nitrogen and oxygen atoms in total. The third kappa shape index (κ3) is 6.63. The Morgan fingerprint density at radius 1 is 1.17 bits per heavy atom. The molecule has 1 aliphatic heterocycles. The normalized spacial score (nSPS) is 11.5. The second kappa shape index (κ2) is 13.4. The van der Waals surface area contributed by atoms with Gasteiger partial charge in [0.1, 0.15) is 5.82 Å². The highest BCUT2D eigenvalue weighted by atomic mass is 32.1. The van der Waals surface area contributed by atoms with Gasteiger partial charge < -0.3 is 9.64 Å². The van der Waals surface area contributed by atoms with Gasteiger partial charge >= 0.3 is 0 Å². The van der Waals surface area contributed by atoms with Crippen molar-refractivity contribution in [3.63, 3.8) is 0 Å². The van der Waals surface area contributed by atoms with E-state index in [-0.39, 0.29) is 6.61 Å². The maximum Gasteiger partial charge on any atom is 0.215 e. The Labute approximate surface area is 185 Å². The zero-order valence-corrected chi connectivity index (χ0v) is 19.6. The number of fused-ring (bicyclic) bond motifs is 1. The van der Waals surface area contributed by atoms with Crippen molar-refractivity contribution in [3.8, 4) is 18.2 Å². The van der Waals surface area contributed by atoms with Gasteiger partial charge in [0, 0.05) is 25.4 Å². The Morgan fingerprint density at radius 2 is 1.83 bits per heavy atom. The summed E-state index contributed by atoms with van der Waals surface area (Å²) in [5.74, 6) is 4.44. The first-order valence-corrected chi connectivity index (χ1v) is 10.9. The predicted molar refractivity (Wildman–Crippen MR) is 126 cm³/mol. The molecule has 3 aromatic heterocycles. The number of hydrogen-bond donors (Lipinski definition) is 1. The van der Waals surface area contributed by atoms with Crippen LogP contribution in [0.3, 0.4) is 0 Å². The number of nitrogens with zero attached hydrogens (tertiary/aromatic N) is 6. The van der Waals surface area contributed by atoms with Gasteiger partial charge in [0.2, 0.25) is 5.88 Å². The lowest BCUT2D eigenvalue weighted by molar-refractivity contribution is 0.284. The fourth-order valence-electron chi connectivity index (χ4n) is 2.54. The van der Waals surface area contributed by atoms with E-state index >= 15 is 0 Å². The Morgan fingerprint density at radius 3 is 2.40 bits per heavy atom. The molecule has 30 heavy (non-hydrogen) atoms. The first-order valence-electron chi connectivity index (χ1n) is 9.97. The number of hydrogen-bond acceptors (Lipinski definition) is 7. The van der Waals surface area contributed by atoms with Crippen molar-refractivity contribution in [2.75, 3.05) is 24.2 Å². The molecule has 0 spiro atoms. The van der Waals surface area contributed by atoms with Crippen LogP contribution in [-0.4, -0.2) is 43.9 Å². The third-order valence-electron chi connectivity index (χ3n) is 3.99. The van der Waals surface area contributed by atoms with E-state index in [1.54, 1.807) is 23.9 Å². The van der Waals surface area contributed by atoms with E-state index in [1.807, 2.05) is 45.9 Å². The maximum absolute atomic E-state index is 5.76. The number of terminal acetylenes is 1. The number of anilines is 1. The highest BCUT2D eigenvalue weighted by molar-refractivity contribution is 7.79. The minimum atomic E-state index is 0.289. The van der Waals surface area contributed by atoms with Crippen LogP contribution in [0, 0.1) is 26.2 Å². The minimum Gasteiger partial charge on any atom is -0.469 e. The van der Waals surface area contributed by atoms with E-state index in [0.717, 1.165) is 35.9 Å². The third-order valence-corrected chi connectivity index (χ3v) is 3.99. The number of rotatable bonds is 4. The zero-order valence-electron chi connectivity index (χ0n) is 18.8. The lowest BCUT2D eigenvalue weighted by Crippen LogP contribution is -2.37. The van der Waals surface area contributed by atoms with Crippen LogP contribution in [0.25, 0.3) is 5.65 Å². The fourth-order valence-corrected chi connectivity index (χ4v) is 2.54. The molecule has 0 aliphatic carbocycles. The number of thiol groups is 1. The second-order valence-corrected chi connectivity index (χ2v) is 6.00. The smallest absolute Gasteiger partial charge is 0.215 e. The van der Waals surface area contributed by atoms with E-state index in [9.17, 15) is 0 Å². The van der Waals surface area contributed by atoms with Crippen LogP contribution in [0.5, 0.6) is 5.88 Å². The Kier molecular flexibility index (Phi) is 11.3. The summed E-state index contributed by atoms with van der Waals surface area (Å²) < 4.78 is 7.56. The zero-order chi connectivity index (χ0) is 22.5. The van der Waals surface area contributed by atoms with Gasteiger partial charge in [-0.2, -0.15) is 17.6 Å². The fraction of sp³-hybridized carbons (Fsp3) is 0.455. The molecule has 0 N–H and O–H groups in total. The van der Waals surface area contributed by atoms with Crippen molar-refractivity contribution in [1.29, 1.82) is 0 Å². The average Bonchev–Trinajstić information content (AvgIpc) is 3.18. The first kappa shape index (κ1) is 25.2. The van der Waals surface area contributed by atoms with Gasteiger partial charge in [-0.3, -0.25) is 4.98 Å². The number of aryl methyl sites for hydroxylation is 2. The molecule has 162 valence electrons. The molecule has 0 aromatic carbocycles. The van der Waals surface area contributed by atoms with Gasteiger partial charge in [-0.25, -0.2) is 9.50 Å². The van der Waals surface area contributed by atoms with Gasteiger partial charge in [0.25, 0.3) is 0 Å². The lowest BCUT2D eigenvalue weighted by atomic mass is 10.2. The van der Waals surface area contributed by atoms with Crippen molar-refractivity contribution in [2.24, 2.45) is 0 Å². The van der Waals surface area contributed by atoms with Crippen molar-refractivity contribution in [2.45, 2.75) is 47.6 Å². The molecule has 0 atom stereocenters. The molecule has 1 aliphatic rings. The molecule has 1 saturated heterocycles. The number of pyridine rings is 1. The SMILES string of the molecule is C#CC.CC.CS.Cc1ncc(C)n2nc(COc3cccc(N4CCC4)n3)nc12. The summed E-state index contributed by atoms with van der Waals surface area (Å²) in [5.41, 5.74) is 2.57. The van der Waals surface area contributed by atoms with E-state index in [0.29, 0.717) is 11.7 Å². The summed E-state index contributed by atoms with van der Waals surface area (Å²) in [6, 6.07) is 5.83. The van der Waals surface area contributed by atoms with Crippen molar-refractivity contribution in [1.82, 2.24) is 24.6 Å². The highest BCUT2D eigenvalue weighted by Gasteiger charge is 2.16. The van der Waals surface area contributed by atoms with Crippen LogP contribution in [0.2, 0.25) is 0 Å². The molecule has 0 saturated carbocycles. The molecular formula is C22H32N6OS. The highest BCUT2D eigenvalue weighted by Crippen LogP contribution is 2.21. The standard InChI is InChI=1S/C16H18N6O.C3H4.C2H6.CH4S/c1-11-9-17-12(2)16-18-13(20-22(11)16)10-23-15-6-3-5-14(19-15)21-7-4-8-21;1-3-2;2*1-2/h3,5-6,9H,4,7-8,10H2,1-2H3;1H,2H3;1-2H3;2H,1H3. The van der Waals surface area contributed by atoms with E-state index in [2.05, 4.69) is 49.9 Å². The topological polar surface area (TPSA) is 68.4 Å². The summed E-state index contributed by atoms with van der Waals surface area (Å²) >= 11 is 3.53. The van der Waals surface area contributed by atoms with Crippen LogP contribution in [0.4, 0.5) is 5.82 Å². The lowest BCUT2D eigenvalue weighted by Gasteiger charge is -2.32. The minimum absolute atomic E-state index is 0.289. The van der Waals surface area contributed by atoms with Crippen molar-refractivity contribution < 1.29 is 4.74 Å². The second-order valence-electron chi connectivity index (χ2n) is 6.00. The van der Waals surface area contributed by atoms with E-state index in [1.165, 1.54) is 6.42 Å². The van der Waals surface area contributed by atoms with Gasteiger partial charge in [-0.15, -0.1) is 17.4 Å². The molecule has 0 radical (unpaired) electrons. The monoisotopic (exact) mass is 428 g/mol. The van der Waals surface area contributed by atoms with Crippen molar-refractivity contribution in [3.05, 3.63) is 41.6 Å². The van der Waals surface area contributed by atoms with Crippen LogP contribution in [-0.2, 0) is 6.61 Å². The summed E-state index contributed by atoms with van der Waals surface area (Å²) in [6.45, 7) is 12.0. The van der Waals surface area contributed by atoms with Gasteiger partial charge in [0.05, 0.1) is 11.4 Å². The molecule has 4 rings (SSSR count). The Hall–Kier alpha value is -2.79. The Bertz CT molecular complexity index is 907. The summed E-state index contributed by atoms with van der Waals surface area (Å²) in [6.07, 6.45) is 9.31. The number of ether oxygens (including phenoxy) is 1. The van der Waals surface area contributed by atoms with Crippen LogP contribution < -0.4 is 9.64 Å². The summed E-state index contributed by atoms with van der Waals surface area (Å²) in [4.78, 5) is 15.6. The quantitative estimate of drug-likeness (QED) is 0.498. The molecule has 0 bridgehead atoms. The van der Waals surface area contributed by atoms with Crippen LogP contribution in [0.15, 0.2) is 24.4 Å². The molecular weight excluding hydrogens is 396 g/mol. The molecule has 0 unspecified atom stereocenters. The van der Waals surface area contributed by atoms with Gasteiger partial charge in [0.15, 0.2) is 18.1 Å². The number of aromatic nitrogens is 5. The molecule has 4 heterocycles. The van der Waals surface area contributed by atoms with Crippen LogP contribution >= 0.6 is 12.6 Å². The summed E-state index contributed by atoms with van der Waals surface area (Å²) in [5, 5.41) is 4.48. The molecule has 1 fully saturated rings. The maximum atomic E-state index is 5.76. The molecule has 0 amide bonds. The van der Waals surface area contributed by atoms with Gasteiger partial charge in [-0.1, -0.05) is 19.9 Å². The molecule has 3 aromatic rings. The van der Waals surface area contributed by atoms with Crippen LogP contribution in [0.1, 0.15) is 44.4 Å².